The zero-order valence-corrected chi connectivity index (χ0v) is 8.22. The molecule has 1 atom stereocenters. The van der Waals surface area contributed by atoms with Gasteiger partial charge in [0.2, 0.25) is 10.5 Å². The number of allylic oxidation sites excluding steroid dienone is 1. The highest BCUT2D eigenvalue weighted by molar-refractivity contribution is 5.98. The molecule has 0 amide bonds. The third-order valence-corrected chi connectivity index (χ3v) is 1.43. The van der Waals surface area contributed by atoms with Gasteiger partial charge in [0.15, 0.2) is 0 Å². The van der Waals surface area contributed by atoms with E-state index in [1.807, 2.05) is 19.9 Å². The fourth-order valence-electron chi connectivity index (χ4n) is 0.398. The quantitative estimate of drug-likeness (QED) is 0.244. The van der Waals surface area contributed by atoms with Crippen molar-refractivity contribution in [2.45, 2.75) is 13.8 Å². The molecule has 1 unspecified atom stereocenters. The van der Waals surface area contributed by atoms with E-state index in [4.69, 9.17) is 4.53 Å². The van der Waals surface area contributed by atoms with Gasteiger partial charge in [-0.2, -0.15) is 0 Å². The Morgan fingerprint density at radius 3 is 2.78 bits per heavy atom. The molecule has 0 rings (SSSR count). The first-order valence-electron chi connectivity index (χ1n) is 2.92. The minimum atomic E-state index is 0.332. The highest BCUT2D eigenvalue weighted by Gasteiger charge is 1.98. The summed E-state index contributed by atoms with van der Waals surface area (Å²) in [5.41, 5.74) is 0.986. The highest BCUT2D eigenvalue weighted by Crippen LogP contribution is 1.98. The molecule has 0 bridgehead atoms. The zero-order chi connectivity index (χ0) is 7.28. The summed E-state index contributed by atoms with van der Waals surface area (Å²) in [5.74, 6) is 0.332. The molecule has 0 aromatic heterocycles. The van der Waals surface area contributed by atoms with Gasteiger partial charge in [-0.05, 0) is 6.92 Å². The third-order valence-electron chi connectivity index (χ3n) is 1.25. The SMILES string of the molecule is C=CC(C)/C(C)=N/O[SiH3]. The number of rotatable bonds is 3. The summed E-state index contributed by atoms with van der Waals surface area (Å²) in [4.78, 5) is 0. The molecule has 0 spiro atoms. The van der Waals surface area contributed by atoms with Gasteiger partial charge in [-0.1, -0.05) is 13.0 Å². The Hall–Kier alpha value is -0.573. The van der Waals surface area contributed by atoms with Crippen molar-refractivity contribution in [3.63, 3.8) is 0 Å². The predicted molar refractivity (Wildman–Crippen MR) is 43.5 cm³/mol. The normalized spacial score (nSPS) is 15.1. The monoisotopic (exact) mass is 143 g/mol. The Kier molecular flexibility index (Phi) is 4.04. The van der Waals surface area contributed by atoms with E-state index >= 15 is 0 Å². The van der Waals surface area contributed by atoms with Gasteiger partial charge in [0.1, 0.15) is 0 Å². The average Bonchev–Trinajstić information content (AvgIpc) is 1.87. The van der Waals surface area contributed by atoms with Crippen LogP contribution in [0.5, 0.6) is 0 Å². The number of hydrogen-bond donors (Lipinski definition) is 0. The Balaban J connectivity index is 3.84. The van der Waals surface area contributed by atoms with Gasteiger partial charge in [0.25, 0.3) is 0 Å². The van der Waals surface area contributed by atoms with E-state index in [0.29, 0.717) is 16.4 Å². The van der Waals surface area contributed by atoms with Crippen LogP contribution < -0.4 is 0 Å². The second-order valence-corrected chi connectivity index (χ2v) is 2.30. The van der Waals surface area contributed by atoms with Gasteiger partial charge >= 0.3 is 0 Å². The first-order chi connectivity index (χ1) is 4.22. The molecular weight excluding hydrogens is 130 g/mol. The molecule has 0 radical (unpaired) electrons. The van der Waals surface area contributed by atoms with Crippen LogP contribution in [0, 0.1) is 5.92 Å². The van der Waals surface area contributed by atoms with Gasteiger partial charge in [-0.25, -0.2) is 0 Å². The van der Waals surface area contributed by atoms with Gasteiger partial charge in [0.05, 0.1) is 5.71 Å². The Morgan fingerprint density at radius 2 is 2.44 bits per heavy atom. The summed E-state index contributed by atoms with van der Waals surface area (Å²) in [6, 6.07) is 0. The lowest BCUT2D eigenvalue weighted by Crippen LogP contribution is -2.03. The fraction of sp³-hybridized carbons (Fsp3) is 0.500. The van der Waals surface area contributed by atoms with Crippen molar-refractivity contribution >= 4 is 16.2 Å². The molecule has 0 aromatic rings. The topological polar surface area (TPSA) is 21.6 Å². The van der Waals surface area contributed by atoms with E-state index in [1.54, 1.807) is 0 Å². The maximum absolute atomic E-state index is 4.71. The first-order valence-corrected chi connectivity index (χ1v) is 3.74. The summed E-state index contributed by atoms with van der Waals surface area (Å²) in [7, 11) is 0.663. The van der Waals surface area contributed by atoms with Crippen LogP contribution in [0.25, 0.3) is 0 Å². The lowest BCUT2D eigenvalue weighted by Gasteiger charge is -2.02. The Bertz CT molecular complexity index is 122. The van der Waals surface area contributed by atoms with Crippen molar-refractivity contribution in [1.82, 2.24) is 0 Å². The minimum absolute atomic E-state index is 0.332. The van der Waals surface area contributed by atoms with Crippen LogP contribution >= 0.6 is 0 Å². The first kappa shape index (κ1) is 8.43. The zero-order valence-electron chi connectivity index (χ0n) is 6.22. The fourth-order valence-corrected chi connectivity index (χ4v) is 0.686. The van der Waals surface area contributed by atoms with Gasteiger partial charge in [0, 0.05) is 5.92 Å². The molecule has 0 saturated heterocycles. The molecule has 0 aliphatic heterocycles. The Labute approximate surface area is 59.1 Å². The van der Waals surface area contributed by atoms with E-state index < -0.39 is 0 Å². The maximum Gasteiger partial charge on any atom is 0.242 e. The van der Waals surface area contributed by atoms with Crippen molar-refractivity contribution in [2.75, 3.05) is 0 Å². The van der Waals surface area contributed by atoms with E-state index in [9.17, 15) is 0 Å². The predicted octanol–water partition coefficient (Wildman–Crippen LogP) is 0.481. The molecule has 0 saturated carbocycles. The molecule has 0 aliphatic rings. The summed E-state index contributed by atoms with van der Waals surface area (Å²) in [5, 5.41) is 3.80. The summed E-state index contributed by atoms with van der Waals surface area (Å²) >= 11 is 0. The van der Waals surface area contributed by atoms with Crippen molar-refractivity contribution in [3.05, 3.63) is 12.7 Å². The second kappa shape index (κ2) is 4.32. The standard InChI is InChI=1S/C6H13NOSi/c1-4-5(2)6(3)7-8-9/h4-5H,1H2,2-3,9H3/b7-6+. The second-order valence-electron chi connectivity index (χ2n) is 1.94. The van der Waals surface area contributed by atoms with Crippen LogP contribution in [-0.2, 0) is 4.53 Å². The molecule has 52 valence electrons. The largest absolute Gasteiger partial charge is 0.467 e. The molecule has 0 aliphatic carbocycles. The molecule has 0 N–H and O–H groups in total. The molecule has 0 fully saturated rings. The number of oxime groups is 1. The molecule has 3 heteroatoms. The molecule has 2 nitrogen and oxygen atoms in total. The Morgan fingerprint density at radius 1 is 1.89 bits per heavy atom. The smallest absolute Gasteiger partial charge is 0.242 e. The van der Waals surface area contributed by atoms with Crippen molar-refractivity contribution in [1.29, 1.82) is 0 Å². The van der Waals surface area contributed by atoms with E-state index in [-0.39, 0.29) is 0 Å². The van der Waals surface area contributed by atoms with Crippen molar-refractivity contribution < 1.29 is 4.53 Å². The van der Waals surface area contributed by atoms with Gasteiger partial charge < -0.3 is 4.53 Å². The van der Waals surface area contributed by atoms with Crippen molar-refractivity contribution in [3.8, 4) is 0 Å². The summed E-state index contributed by atoms with van der Waals surface area (Å²) in [6.45, 7) is 7.61. The molecule has 0 aromatic carbocycles. The van der Waals surface area contributed by atoms with Gasteiger partial charge in [-0.15, -0.1) is 11.7 Å². The van der Waals surface area contributed by atoms with Crippen LogP contribution in [0.15, 0.2) is 17.8 Å². The molecular formula is C6H13NOSi. The van der Waals surface area contributed by atoms with Crippen molar-refractivity contribution in [2.24, 2.45) is 11.1 Å². The van der Waals surface area contributed by atoms with Gasteiger partial charge in [-0.3, -0.25) is 0 Å². The third kappa shape index (κ3) is 3.08. The summed E-state index contributed by atoms with van der Waals surface area (Å²) < 4.78 is 4.71. The number of nitrogens with zero attached hydrogens (tertiary/aromatic N) is 1. The van der Waals surface area contributed by atoms with Crippen LogP contribution in [-0.4, -0.2) is 16.2 Å². The minimum Gasteiger partial charge on any atom is -0.467 e. The average molecular weight is 143 g/mol. The van der Waals surface area contributed by atoms with E-state index in [0.717, 1.165) is 5.71 Å². The number of hydrogen-bond acceptors (Lipinski definition) is 2. The van der Waals surface area contributed by atoms with E-state index in [1.165, 1.54) is 0 Å². The lowest BCUT2D eigenvalue weighted by molar-refractivity contribution is 0.374. The van der Waals surface area contributed by atoms with Crippen LogP contribution in [0.1, 0.15) is 13.8 Å². The lowest BCUT2D eigenvalue weighted by atomic mass is 10.1. The van der Waals surface area contributed by atoms with E-state index in [2.05, 4.69) is 11.7 Å². The molecule has 0 heterocycles. The summed E-state index contributed by atoms with van der Waals surface area (Å²) in [6.07, 6.45) is 1.85. The van der Waals surface area contributed by atoms with Crippen LogP contribution in [0.2, 0.25) is 0 Å². The van der Waals surface area contributed by atoms with Crippen LogP contribution in [0.4, 0.5) is 0 Å². The van der Waals surface area contributed by atoms with Crippen LogP contribution in [0.3, 0.4) is 0 Å². The highest BCUT2D eigenvalue weighted by atomic mass is 28.2. The molecule has 9 heavy (non-hydrogen) atoms. The maximum atomic E-state index is 4.71.